The summed E-state index contributed by atoms with van der Waals surface area (Å²) in [5, 5.41) is 2.70. The third-order valence-electron chi connectivity index (χ3n) is 4.73. The molecule has 1 N–H and O–H groups in total. The molecule has 0 saturated carbocycles. The van der Waals surface area contributed by atoms with Crippen molar-refractivity contribution in [3.8, 4) is 22.6 Å². The lowest BCUT2D eigenvalue weighted by molar-refractivity contribution is 0.0880. The second-order valence-electron chi connectivity index (χ2n) is 6.38. The fourth-order valence-electron chi connectivity index (χ4n) is 3.48. The average Bonchev–Trinajstić information content (AvgIpc) is 3.02. The Morgan fingerprint density at radius 3 is 2.25 bits per heavy atom. The Balaban J connectivity index is 1.87. The number of rotatable bonds is 2. The van der Waals surface area contributed by atoms with Gasteiger partial charge in [0, 0.05) is 11.1 Å². The Labute approximate surface area is 158 Å². The summed E-state index contributed by atoms with van der Waals surface area (Å²) in [6.45, 7) is 0. The number of imide groups is 1. The molecular formula is C22H12N2O4. The maximum Gasteiger partial charge on any atom is 0.347 e. The van der Waals surface area contributed by atoms with Crippen molar-refractivity contribution < 1.29 is 14.0 Å². The van der Waals surface area contributed by atoms with Gasteiger partial charge in [0.15, 0.2) is 0 Å². The largest absolute Gasteiger partial charge is 0.403 e. The summed E-state index contributed by atoms with van der Waals surface area (Å²) >= 11 is 0. The van der Waals surface area contributed by atoms with Crippen molar-refractivity contribution in [1.82, 2.24) is 10.3 Å². The van der Waals surface area contributed by atoms with Crippen LogP contribution in [0.15, 0.2) is 75.9 Å². The smallest absolute Gasteiger partial charge is 0.347 e. The Kier molecular flexibility index (Phi) is 3.45. The number of carbonyl (C=O) groups excluding carboxylic acids is 2. The lowest BCUT2D eigenvalue weighted by atomic mass is 9.91. The Bertz CT molecular complexity index is 1340. The Morgan fingerprint density at radius 2 is 1.43 bits per heavy atom. The van der Waals surface area contributed by atoms with Crippen LogP contribution in [-0.4, -0.2) is 16.8 Å². The van der Waals surface area contributed by atoms with E-state index in [4.69, 9.17) is 4.42 Å². The zero-order chi connectivity index (χ0) is 19.3. The molecule has 1 aliphatic rings. The van der Waals surface area contributed by atoms with E-state index < -0.39 is 17.4 Å². The number of hydrogen-bond donors (Lipinski definition) is 1. The molecule has 6 heteroatoms. The molecule has 0 bridgehead atoms. The molecule has 0 unspecified atom stereocenters. The minimum absolute atomic E-state index is 0.0949. The zero-order valence-electron chi connectivity index (χ0n) is 14.4. The van der Waals surface area contributed by atoms with Gasteiger partial charge in [0.2, 0.25) is 5.89 Å². The second kappa shape index (κ2) is 5.99. The first-order chi connectivity index (χ1) is 13.6. The van der Waals surface area contributed by atoms with Gasteiger partial charge in [0.1, 0.15) is 0 Å². The highest BCUT2D eigenvalue weighted by atomic mass is 16.4. The van der Waals surface area contributed by atoms with Gasteiger partial charge in [-0.3, -0.25) is 14.9 Å². The summed E-state index contributed by atoms with van der Waals surface area (Å²) < 4.78 is 5.48. The van der Waals surface area contributed by atoms with Gasteiger partial charge < -0.3 is 4.42 Å². The number of aromatic nitrogens is 1. The van der Waals surface area contributed by atoms with E-state index in [9.17, 15) is 14.4 Å². The molecule has 2 amide bonds. The molecule has 3 aromatic carbocycles. The van der Waals surface area contributed by atoms with Crippen molar-refractivity contribution in [1.29, 1.82) is 0 Å². The minimum Gasteiger partial charge on any atom is -0.403 e. The lowest BCUT2D eigenvalue weighted by Crippen LogP contribution is -2.20. The zero-order valence-corrected chi connectivity index (χ0v) is 14.4. The maximum absolute atomic E-state index is 12.5. The van der Waals surface area contributed by atoms with E-state index in [1.54, 1.807) is 36.4 Å². The second-order valence-corrected chi connectivity index (χ2v) is 6.38. The van der Waals surface area contributed by atoms with Gasteiger partial charge in [0.05, 0.1) is 22.0 Å². The fraction of sp³-hybridized carbons (Fsp3) is 0. The topological polar surface area (TPSA) is 89.3 Å². The highest BCUT2D eigenvalue weighted by Crippen LogP contribution is 2.37. The first kappa shape index (κ1) is 16.1. The number of carbonyl (C=O) groups is 2. The SMILES string of the molecule is O=C1NC(=O)c2c1ccc(-c1nc3ccccc3c(=O)o1)c2-c1ccccc1. The predicted octanol–water partition coefficient (Wildman–Crippen LogP) is 3.41. The number of para-hydroxylation sites is 1. The maximum atomic E-state index is 12.5. The number of hydrogen-bond acceptors (Lipinski definition) is 5. The molecule has 0 aliphatic carbocycles. The number of fused-ring (bicyclic) bond motifs is 2. The van der Waals surface area contributed by atoms with Crippen molar-refractivity contribution in [3.63, 3.8) is 0 Å². The van der Waals surface area contributed by atoms with Gasteiger partial charge in [-0.2, -0.15) is 0 Å². The van der Waals surface area contributed by atoms with E-state index in [1.165, 1.54) is 0 Å². The van der Waals surface area contributed by atoms with Crippen LogP contribution in [0.2, 0.25) is 0 Å². The van der Waals surface area contributed by atoms with E-state index in [0.29, 0.717) is 22.0 Å². The third kappa shape index (κ3) is 2.35. The lowest BCUT2D eigenvalue weighted by Gasteiger charge is -2.12. The summed E-state index contributed by atoms with van der Waals surface area (Å²) in [7, 11) is 0. The van der Waals surface area contributed by atoms with Crippen LogP contribution in [0.25, 0.3) is 33.5 Å². The van der Waals surface area contributed by atoms with Crippen molar-refractivity contribution in [2.75, 3.05) is 0 Å². The molecule has 0 atom stereocenters. The first-order valence-electron chi connectivity index (χ1n) is 8.62. The molecule has 0 radical (unpaired) electrons. The van der Waals surface area contributed by atoms with E-state index in [-0.39, 0.29) is 17.0 Å². The van der Waals surface area contributed by atoms with Crippen molar-refractivity contribution in [3.05, 3.63) is 88.3 Å². The van der Waals surface area contributed by atoms with Crippen LogP contribution < -0.4 is 10.9 Å². The number of nitrogens with zero attached hydrogens (tertiary/aromatic N) is 1. The summed E-state index contributed by atoms with van der Waals surface area (Å²) in [6, 6.07) is 19.3. The van der Waals surface area contributed by atoms with E-state index in [1.807, 2.05) is 30.3 Å². The van der Waals surface area contributed by atoms with Crippen molar-refractivity contribution in [2.24, 2.45) is 0 Å². The number of benzene rings is 3. The van der Waals surface area contributed by atoms with Crippen LogP contribution in [0.3, 0.4) is 0 Å². The van der Waals surface area contributed by atoms with Crippen molar-refractivity contribution >= 4 is 22.7 Å². The van der Waals surface area contributed by atoms with E-state index >= 15 is 0 Å². The summed E-state index contributed by atoms with van der Waals surface area (Å²) in [5.74, 6) is -0.835. The van der Waals surface area contributed by atoms with Crippen LogP contribution in [-0.2, 0) is 0 Å². The van der Waals surface area contributed by atoms with E-state index in [0.717, 1.165) is 5.56 Å². The summed E-state index contributed by atoms with van der Waals surface area (Å²) in [6.07, 6.45) is 0. The number of nitrogens with one attached hydrogen (secondary N) is 1. The van der Waals surface area contributed by atoms with Gasteiger partial charge in [-0.15, -0.1) is 0 Å². The van der Waals surface area contributed by atoms with Gasteiger partial charge >= 0.3 is 5.63 Å². The molecule has 6 nitrogen and oxygen atoms in total. The standard InChI is InChI=1S/C22H12N2O4/c25-19-14-10-11-15(21-23-16-9-5-4-8-13(16)22(27)28-21)17(18(14)20(26)24-19)12-6-2-1-3-7-12/h1-11H,(H,24,25,26). The molecule has 134 valence electrons. The van der Waals surface area contributed by atoms with Crippen LogP contribution in [0.5, 0.6) is 0 Å². The summed E-state index contributed by atoms with van der Waals surface area (Å²) in [5.41, 5.74) is 2.22. The Hall–Kier alpha value is -4.06. The molecule has 4 aromatic rings. The first-order valence-corrected chi connectivity index (χ1v) is 8.62. The molecule has 0 fully saturated rings. The van der Waals surface area contributed by atoms with Crippen LogP contribution in [0.4, 0.5) is 0 Å². The molecule has 5 rings (SSSR count). The molecular weight excluding hydrogens is 356 g/mol. The van der Waals surface area contributed by atoms with Crippen molar-refractivity contribution in [2.45, 2.75) is 0 Å². The van der Waals surface area contributed by atoms with Gasteiger partial charge in [-0.1, -0.05) is 42.5 Å². The van der Waals surface area contributed by atoms with E-state index in [2.05, 4.69) is 10.3 Å². The molecule has 0 saturated heterocycles. The average molecular weight is 368 g/mol. The van der Waals surface area contributed by atoms with Crippen LogP contribution >= 0.6 is 0 Å². The normalized spacial score (nSPS) is 12.9. The molecule has 1 aliphatic heterocycles. The third-order valence-corrected chi connectivity index (χ3v) is 4.73. The Morgan fingerprint density at radius 1 is 0.714 bits per heavy atom. The van der Waals surface area contributed by atoms with Crippen LogP contribution in [0, 0.1) is 0 Å². The molecule has 0 spiro atoms. The number of amides is 2. The quantitative estimate of drug-likeness (QED) is 0.548. The minimum atomic E-state index is -0.513. The summed E-state index contributed by atoms with van der Waals surface area (Å²) in [4.78, 5) is 41.5. The van der Waals surface area contributed by atoms with Gasteiger partial charge in [-0.25, -0.2) is 9.78 Å². The van der Waals surface area contributed by atoms with Crippen LogP contribution in [0.1, 0.15) is 20.7 Å². The highest BCUT2D eigenvalue weighted by Gasteiger charge is 2.32. The predicted molar refractivity (Wildman–Crippen MR) is 103 cm³/mol. The molecule has 28 heavy (non-hydrogen) atoms. The molecule has 2 heterocycles. The van der Waals surface area contributed by atoms with Gasteiger partial charge in [-0.05, 0) is 29.8 Å². The fourth-order valence-corrected chi connectivity index (χ4v) is 3.48. The highest BCUT2D eigenvalue weighted by molar-refractivity contribution is 6.25. The monoisotopic (exact) mass is 368 g/mol. The molecule has 1 aromatic heterocycles. The van der Waals surface area contributed by atoms with Gasteiger partial charge in [0.25, 0.3) is 11.8 Å².